The third-order valence-electron chi connectivity index (χ3n) is 3.15. The summed E-state index contributed by atoms with van der Waals surface area (Å²) in [7, 11) is 1.50. The van der Waals surface area contributed by atoms with Gasteiger partial charge in [-0.15, -0.1) is 0 Å². The summed E-state index contributed by atoms with van der Waals surface area (Å²) in [5.74, 6) is 0.498. The molecule has 0 aliphatic carbocycles. The van der Waals surface area contributed by atoms with Crippen LogP contribution in [-0.2, 0) is 0 Å². The predicted octanol–water partition coefficient (Wildman–Crippen LogP) is 1.53. The van der Waals surface area contributed by atoms with Crippen molar-refractivity contribution in [2.24, 2.45) is 5.73 Å². The molecule has 0 bridgehead atoms. The SMILES string of the molecule is COc1cc(N2CCC[C@@H](N)C2)cc([N+](=O)[O-])c1. The van der Waals surface area contributed by atoms with E-state index in [1.807, 2.05) is 6.07 Å². The average molecular weight is 251 g/mol. The number of nitrogens with zero attached hydrogens (tertiary/aromatic N) is 2. The van der Waals surface area contributed by atoms with Crippen molar-refractivity contribution in [3.8, 4) is 5.75 Å². The molecule has 2 rings (SSSR count). The van der Waals surface area contributed by atoms with E-state index in [-0.39, 0.29) is 11.7 Å². The molecule has 0 radical (unpaired) electrons. The predicted molar refractivity (Wildman–Crippen MR) is 69.1 cm³/mol. The summed E-state index contributed by atoms with van der Waals surface area (Å²) in [5, 5.41) is 10.9. The number of rotatable bonds is 3. The van der Waals surface area contributed by atoms with Gasteiger partial charge in [0.15, 0.2) is 0 Å². The van der Waals surface area contributed by atoms with Gasteiger partial charge < -0.3 is 15.4 Å². The molecule has 1 aromatic carbocycles. The fourth-order valence-electron chi connectivity index (χ4n) is 2.22. The number of piperidine rings is 1. The largest absolute Gasteiger partial charge is 0.496 e. The van der Waals surface area contributed by atoms with Gasteiger partial charge in [0, 0.05) is 37.0 Å². The van der Waals surface area contributed by atoms with E-state index in [1.165, 1.54) is 13.2 Å². The van der Waals surface area contributed by atoms with Crippen LogP contribution in [0.2, 0.25) is 0 Å². The number of nitrogens with two attached hydrogens (primary N) is 1. The number of non-ortho nitro benzene ring substituents is 1. The van der Waals surface area contributed by atoms with Crippen LogP contribution in [0.1, 0.15) is 12.8 Å². The number of methoxy groups -OCH3 is 1. The number of benzene rings is 1. The lowest BCUT2D eigenvalue weighted by atomic mass is 10.1. The van der Waals surface area contributed by atoms with Crippen molar-refractivity contribution < 1.29 is 9.66 Å². The van der Waals surface area contributed by atoms with Gasteiger partial charge in [0.2, 0.25) is 0 Å². The van der Waals surface area contributed by atoms with E-state index in [0.717, 1.165) is 31.6 Å². The zero-order valence-corrected chi connectivity index (χ0v) is 10.3. The van der Waals surface area contributed by atoms with Gasteiger partial charge in [0.05, 0.1) is 18.1 Å². The first-order chi connectivity index (χ1) is 8.60. The van der Waals surface area contributed by atoms with Crippen LogP contribution < -0.4 is 15.4 Å². The summed E-state index contributed by atoms with van der Waals surface area (Å²) in [4.78, 5) is 12.5. The standard InChI is InChI=1S/C12H17N3O3/c1-18-12-6-10(5-11(7-12)15(16)17)14-4-2-3-9(13)8-14/h5-7,9H,2-4,8,13H2,1H3/t9-/m1/s1. The van der Waals surface area contributed by atoms with Crippen LogP contribution in [0.4, 0.5) is 11.4 Å². The zero-order valence-electron chi connectivity index (χ0n) is 10.3. The maximum Gasteiger partial charge on any atom is 0.275 e. The monoisotopic (exact) mass is 251 g/mol. The molecule has 98 valence electrons. The van der Waals surface area contributed by atoms with Crippen LogP contribution in [0.15, 0.2) is 18.2 Å². The number of nitro benzene ring substituents is 1. The zero-order chi connectivity index (χ0) is 13.1. The highest BCUT2D eigenvalue weighted by Gasteiger charge is 2.20. The lowest BCUT2D eigenvalue weighted by Crippen LogP contribution is -2.42. The molecule has 0 unspecified atom stereocenters. The second-order valence-electron chi connectivity index (χ2n) is 4.49. The van der Waals surface area contributed by atoms with Crippen LogP contribution in [0.5, 0.6) is 5.75 Å². The van der Waals surface area contributed by atoms with Crippen molar-refractivity contribution in [1.82, 2.24) is 0 Å². The quantitative estimate of drug-likeness (QED) is 0.650. The van der Waals surface area contributed by atoms with Gasteiger partial charge in [-0.1, -0.05) is 0 Å². The van der Waals surface area contributed by atoms with Gasteiger partial charge in [-0.05, 0) is 12.8 Å². The molecule has 1 saturated heterocycles. The van der Waals surface area contributed by atoms with Gasteiger partial charge in [-0.3, -0.25) is 10.1 Å². The minimum absolute atomic E-state index is 0.0449. The smallest absolute Gasteiger partial charge is 0.275 e. The highest BCUT2D eigenvalue weighted by atomic mass is 16.6. The van der Waals surface area contributed by atoms with E-state index in [2.05, 4.69) is 4.90 Å². The summed E-state index contributed by atoms with van der Waals surface area (Å²) in [6.07, 6.45) is 2.01. The minimum Gasteiger partial charge on any atom is -0.496 e. The van der Waals surface area contributed by atoms with Crippen molar-refractivity contribution >= 4 is 11.4 Å². The van der Waals surface area contributed by atoms with Crippen LogP contribution in [0.3, 0.4) is 0 Å². The van der Waals surface area contributed by atoms with E-state index in [1.54, 1.807) is 6.07 Å². The topological polar surface area (TPSA) is 81.6 Å². The Morgan fingerprint density at radius 3 is 2.89 bits per heavy atom. The maximum absolute atomic E-state index is 10.9. The first kappa shape index (κ1) is 12.6. The Bertz CT molecular complexity index is 450. The lowest BCUT2D eigenvalue weighted by Gasteiger charge is -2.32. The number of anilines is 1. The van der Waals surface area contributed by atoms with Crippen LogP contribution in [-0.4, -0.2) is 31.2 Å². The Morgan fingerprint density at radius 2 is 2.28 bits per heavy atom. The first-order valence-corrected chi connectivity index (χ1v) is 5.94. The Labute approximate surface area is 105 Å². The van der Waals surface area contributed by atoms with Crippen molar-refractivity contribution in [3.63, 3.8) is 0 Å². The molecule has 0 spiro atoms. The molecule has 1 fully saturated rings. The molecule has 1 atom stereocenters. The van der Waals surface area contributed by atoms with E-state index in [4.69, 9.17) is 10.5 Å². The summed E-state index contributed by atoms with van der Waals surface area (Å²) >= 11 is 0. The Hall–Kier alpha value is -1.82. The van der Waals surface area contributed by atoms with E-state index in [9.17, 15) is 10.1 Å². The second-order valence-corrected chi connectivity index (χ2v) is 4.49. The third kappa shape index (κ3) is 2.70. The van der Waals surface area contributed by atoms with E-state index < -0.39 is 4.92 Å². The Morgan fingerprint density at radius 1 is 1.50 bits per heavy atom. The van der Waals surface area contributed by atoms with Gasteiger partial charge in [0.25, 0.3) is 5.69 Å². The number of hydrogen-bond donors (Lipinski definition) is 1. The molecule has 2 N–H and O–H groups in total. The van der Waals surface area contributed by atoms with Gasteiger partial charge in [0.1, 0.15) is 5.75 Å². The molecule has 0 saturated carbocycles. The molecule has 1 aromatic rings. The van der Waals surface area contributed by atoms with Gasteiger partial charge in [-0.2, -0.15) is 0 Å². The number of ether oxygens (including phenoxy) is 1. The lowest BCUT2D eigenvalue weighted by molar-refractivity contribution is -0.384. The highest BCUT2D eigenvalue weighted by Crippen LogP contribution is 2.29. The van der Waals surface area contributed by atoms with Crippen molar-refractivity contribution in [1.29, 1.82) is 0 Å². The maximum atomic E-state index is 10.9. The van der Waals surface area contributed by atoms with Crippen LogP contribution >= 0.6 is 0 Å². The van der Waals surface area contributed by atoms with Crippen molar-refractivity contribution in [2.45, 2.75) is 18.9 Å². The Balaban J connectivity index is 2.31. The highest BCUT2D eigenvalue weighted by molar-refractivity contribution is 5.58. The van der Waals surface area contributed by atoms with Gasteiger partial charge >= 0.3 is 0 Å². The molecule has 6 heteroatoms. The first-order valence-electron chi connectivity index (χ1n) is 5.94. The third-order valence-corrected chi connectivity index (χ3v) is 3.15. The number of nitro groups is 1. The minimum atomic E-state index is -0.407. The van der Waals surface area contributed by atoms with Crippen molar-refractivity contribution in [3.05, 3.63) is 28.3 Å². The molecule has 1 aliphatic rings. The fraction of sp³-hybridized carbons (Fsp3) is 0.500. The average Bonchev–Trinajstić information content (AvgIpc) is 2.38. The van der Waals surface area contributed by atoms with Crippen molar-refractivity contribution in [2.75, 3.05) is 25.1 Å². The van der Waals surface area contributed by atoms with E-state index >= 15 is 0 Å². The molecular formula is C12H17N3O3. The summed E-state index contributed by atoms with van der Waals surface area (Å²) in [6, 6.07) is 4.93. The fourth-order valence-corrected chi connectivity index (χ4v) is 2.22. The second kappa shape index (κ2) is 5.22. The molecule has 1 heterocycles. The molecule has 1 aliphatic heterocycles. The normalized spacial score (nSPS) is 19.7. The van der Waals surface area contributed by atoms with Gasteiger partial charge in [-0.25, -0.2) is 0 Å². The summed E-state index contributed by atoms with van der Waals surface area (Å²) in [5.41, 5.74) is 6.77. The molecule has 6 nitrogen and oxygen atoms in total. The number of hydrogen-bond acceptors (Lipinski definition) is 5. The molecule has 0 aromatic heterocycles. The molecule has 0 amide bonds. The summed E-state index contributed by atoms with van der Waals surface area (Å²) < 4.78 is 5.10. The van der Waals surface area contributed by atoms with E-state index in [0.29, 0.717) is 5.75 Å². The van der Waals surface area contributed by atoms with Crippen LogP contribution in [0, 0.1) is 10.1 Å². The van der Waals surface area contributed by atoms with Crippen LogP contribution in [0.25, 0.3) is 0 Å². The molecule has 18 heavy (non-hydrogen) atoms. The Kier molecular flexibility index (Phi) is 3.66. The summed E-state index contributed by atoms with van der Waals surface area (Å²) in [6.45, 7) is 1.60. The molecular weight excluding hydrogens is 234 g/mol.